The number of carboxylic acids is 1. The number of carboxylic acid groups (broad SMARTS) is 1. The lowest BCUT2D eigenvalue weighted by Gasteiger charge is -2.36. The van der Waals surface area contributed by atoms with Crippen LogP contribution in [0, 0.1) is 0 Å². The number of benzene rings is 3. The summed E-state index contributed by atoms with van der Waals surface area (Å²) in [5, 5.41) is 10.4. The first-order valence-corrected chi connectivity index (χ1v) is 13.4. The normalized spacial score (nSPS) is 17.9. The van der Waals surface area contributed by atoms with Crippen LogP contribution in [0.5, 0.6) is 17.2 Å². The Morgan fingerprint density at radius 3 is 2.30 bits per heavy atom. The molecule has 9 heteroatoms. The maximum absolute atomic E-state index is 11.6. The zero-order chi connectivity index (χ0) is 28.0. The number of rotatable bonds is 11. The molecule has 2 fully saturated rings. The molecule has 0 aromatic heterocycles. The molecule has 1 atom stereocenters. The van der Waals surface area contributed by atoms with Crippen LogP contribution in [0.4, 0.5) is 0 Å². The Labute approximate surface area is 232 Å². The molecule has 1 saturated heterocycles. The Morgan fingerprint density at radius 1 is 0.925 bits per heavy atom. The molecule has 1 heterocycles. The van der Waals surface area contributed by atoms with Gasteiger partial charge in [-0.15, -0.1) is 0 Å². The average molecular weight is 549 g/mol. The lowest BCUT2D eigenvalue weighted by atomic mass is 10.0. The standard InChI is InChI=1S/C31H32O9/c1-21(28-20-37-31(40-39-28)16-2-3-17-31)22-10-12-23(13-11-22)38-27-9-5-6-24-25(27)7-4-8-26(24)35-18-19-36-30(34)15-14-29(32)33/h4-13,28H,1-3,14-20H2,(H,32,33). The van der Waals surface area contributed by atoms with Gasteiger partial charge in [-0.1, -0.05) is 43.0 Å². The van der Waals surface area contributed by atoms with Gasteiger partial charge in [0.05, 0.1) is 19.4 Å². The van der Waals surface area contributed by atoms with Gasteiger partial charge in [0.1, 0.15) is 36.6 Å². The van der Waals surface area contributed by atoms with Crippen molar-refractivity contribution < 1.29 is 43.4 Å². The quantitative estimate of drug-likeness (QED) is 0.174. The minimum absolute atomic E-state index is 0.0215. The fourth-order valence-corrected chi connectivity index (χ4v) is 4.83. The van der Waals surface area contributed by atoms with Gasteiger partial charge in [0.2, 0.25) is 5.79 Å². The second-order valence-electron chi connectivity index (χ2n) is 9.82. The predicted octanol–water partition coefficient (Wildman–Crippen LogP) is 6.05. The first-order valence-electron chi connectivity index (χ1n) is 13.4. The number of hydrogen-bond donors (Lipinski definition) is 1. The van der Waals surface area contributed by atoms with Gasteiger partial charge in [-0.25, -0.2) is 9.78 Å². The third kappa shape index (κ3) is 6.62. The summed E-state index contributed by atoms with van der Waals surface area (Å²) in [7, 11) is 0. The van der Waals surface area contributed by atoms with Gasteiger partial charge in [-0.3, -0.25) is 9.59 Å². The van der Waals surface area contributed by atoms with Crippen molar-refractivity contribution in [2.45, 2.75) is 50.4 Å². The first-order chi connectivity index (χ1) is 19.4. The molecule has 210 valence electrons. The van der Waals surface area contributed by atoms with Crippen molar-refractivity contribution >= 4 is 28.3 Å². The number of carbonyl (C=O) groups excluding carboxylic acids is 1. The van der Waals surface area contributed by atoms with Crippen LogP contribution in [0.2, 0.25) is 0 Å². The Hall–Kier alpha value is -3.92. The molecule has 3 aromatic carbocycles. The summed E-state index contributed by atoms with van der Waals surface area (Å²) in [4.78, 5) is 33.5. The summed E-state index contributed by atoms with van der Waals surface area (Å²) in [6, 6.07) is 18.9. The molecule has 0 amide bonds. The van der Waals surface area contributed by atoms with E-state index in [1.54, 1.807) is 0 Å². The Bertz CT molecular complexity index is 1350. The summed E-state index contributed by atoms with van der Waals surface area (Å²) in [5.74, 6) is -0.264. The van der Waals surface area contributed by atoms with Gasteiger partial charge >= 0.3 is 11.9 Å². The summed E-state index contributed by atoms with van der Waals surface area (Å²) < 4.78 is 23.1. The highest BCUT2D eigenvalue weighted by Gasteiger charge is 2.42. The lowest BCUT2D eigenvalue weighted by molar-refractivity contribution is -0.475. The summed E-state index contributed by atoms with van der Waals surface area (Å²) >= 11 is 0. The predicted molar refractivity (Wildman–Crippen MR) is 146 cm³/mol. The highest BCUT2D eigenvalue weighted by Crippen LogP contribution is 2.39. The number of fused-ring (bicyclic) bond motifs is 1. The highest BCUT2D eigenvalue weighted by atomic mass is 17.2. The molecule has 2 aliphatic rings. The molecular formula is C31H32O9. The Morgan fingerprint density at radius 2 is 1.62 bits per heavy atom. The van der Waals surface area contributed by atoms with Crippen LogP contribution < -0.4 is 9.47 Å². The molecular weight excluding hydrogens is 516 g/mol. The number of aliphatic carboxylic acids is 1. The molecule has 1 aliphatic carbocycles. The smallest absolute Gasteiger partial charge is 0.306 e. The zero-order valence-electron chi connectivity index (χ0n) is 22.1. The van der Waals surface area contributed by atoms with Crippen LogP contribution in [-0.4, -0.2) is 48.8 Å². The number of hydrogen-bond acceptors (Lipinski definition) is 8. The molecule has 40 heavy (non-hydrogen) atoms. The van der Waals surface area contributed by atoms with Gasteiger partial charge in [-0.2, -0.15) is 0 Å². The van der Waals surface area contributed by atoms with Crippen LogP contribution in [0.25, 0.3) is 16.3 Å². The second-order valence-corrected chi connectivity index (χ2v) is 9.82. The van der Waals surface area contributed by atoms with Crippen molar-refractivity contribution in [3.05, 3.63) is 72.8 Å². The number of ether oxygens (including phenoxy) is 4. The Balaban J connectivity index is 1.18. The van der Waals surface area contributed by atoms with Gasteiger partial charge < -0.3 is 24.1 Å². The molecule has 9 nitrogen and oxygen atoms in total. The minimum atomic E-state index is -1.04. The molecule has 0 bridgehead atoms. The van der Waals surface area contributed by atoms with E-state index in [9.17, 15) is 9.59 Å². The largest absolute Gasteiger partial charge is 0.489 e. The fourth-order valence-electron chi connectivity index (χ4n) is 4.83. The van der Waals surface area contributed by atoms with Gasteiger partial charge in [0.25, 0.3) is 0 Å². The molecule has 1 aliphatic heterocycles. The van der Waals surface area contributed by atoms with Crippen molar-refractivity contribution in [3.63, 3.8) is 0 Å². The summed E-state index contributed by atoms with van der Waals surface area (Å²) in [6.45, 7) is 4.76. The van der Waals surface area contributed by atoms with E-state index in [0.29, 0.717) is 23.9 Å². The topological polar surface area (TPSA) is 110 Å². The van der Waals surface area contributed by atoms with Crippen molar-refractivity contribution in [1.82, 2.24) is 0 Å². The lowest BCUT2D eigenvalue weighted by Crippen LogP contribution is -2.43. The SMILES string of the molecule is C=C(c1ccc(Oc2cccc3c(OCCOC(=O)CCC(=O)O)cccc23)cc1)C1COC2(CCCC2)OO1. The van der Waals surface area contributed by atoms with Crippen LogP contribution in [-0.2, 0) is 28.8 Å². The van der Waals surface area contributed by atoms with Crippen molar-refractivity contribution in [2.75, 3.05) is 19.8 Å². The zero-order valence-corrected chi connectivity index (χ0v) is 22.1. The second kappa shape index (κ2) is 12.5. The fraction of sp³-hybridized carbons (Fsp3) is 0.355. The molecule has 5 rings (SSSR count). The minimum Gasteiger partial charge on any atom is -0.489 e. The van der Waals surface area contributed by atoms with Crippen molar-refractivity contribution in [2.24, 2.45) is 0 Å². The Kier molecular flexibility index (Phi) is 8.64. The monoisotopic (exact) mass is 548 g/mol. The van der Waals surface area contributed by atoms with Crippen molar-refractivity contribution in [1.29, 1.82) is 0 Å². The summed E-state index contributed by atoms with van der Waals surface area (Å²) in [6.07, 6.45) is 3.06. The molecule has 1 saturated carbocycles. The molecule has 1 unspecified atom stereocenters. The first kappa shape index (κ1) is 27.6. The summed E-state index contributed by atoms with van der Waals surface area (Å²) in [5.41, 5.74) is 1.68. The highest BCUT2D eigenvalue weighted by molar-refractivity contribution is 5.93. The van der Waals surface area contributed by atoms with Crippen LogP contribution in [0.15, 0.2) is 67.2 Å². The van der Waals surface area contributed by atoms with E-state index >= 15 is 0 Å². The van der Waals surface area contributed by atoms with Crippen LogP contribution in [0.1, 0.15) is 44.1 Å². The van der Waals surface area contributed by atoms with Gasteiger partial charge in [0, 0.05) is 23.6 Å². The number of esters is 1. The third-order valence-corrected chi connectivity index (χ3v) is 7.01. The van der Waals surface area contributed by atoms with E-state index in [1.165, 1.54) is 0 Å². The van der Waals surface area contributed by atoms with Crippen LogP contribution >= 0.6 is 0 Å². The molecule has 1 spiro atoms. The van der Waals surface area contributed by atoms with Crippen molar-refractivity contribution in [3.8, 4) is 17.2 Å². The van der Waals surface area contributed by atoms with E-state index in [2.05, 4.69) is 6.58 Å². The van der Waals surface area contributed by atoms with E-state index in [4.69, 9.17) is 33.8 Å². The maximum atomic E-state index is 11.6. The number of carbonyl (C=O) groups is 2. The molecule has 3 aromatic rings. The molecule has 0 radical (unpaired) electrons. The average Bonchev–Trinajstić information content (AvgIpc) is 3.42. The maximum Gasteiger partial charge on any atom is 0.306 e. The molecule has 1 N–H and O–H groups in total. The van der Waals surface area contributed by atoms with E-state index in [-0.39, 0.29) is 32.2 Å². The van der Waals surface area contributed by atoms with Gasteiger partial charge in [0.15, 0.2) is 0 Å². The van der Waals surface area contributed by atoms with E-state index < -0.39 is 17.7 Å². The van der Waals surface area contributed by atoms with Crippen LogP contribution in [0.3, 0.4) is 0 Å². The van der Waals surface area contributed by atoms with E-state index in [0.717, 1.165) is 47.6 Å². The third-order valence-electron chi connectivity index (χ3n) is 7.01. The van der Waals surface area contributed by atoms with E-state index in [1.807, 2.05) is 60.7 Å². The van der Waals surface area contributed by atoms with Gasteiger partial charge in [-0.05, 0) is 48.2 Å².